The Hall–Kier alpha value is -0.870. The molecule has 1 saturated heterocycles. The third-order valence-electron chi connectivity index (χ3n) is 4.29. The highest BCUT2D eigenvalue weighted by Gasteiger charge is 2.25. The van der Waals surface area contributed by atoms with E-state index >= 15 is 0 Å². The molecule has 27 heavy (non-hydrogen) atoms. The molecule has 0 atom stereocenters. The molecule has 0 radical (unpaired) electrons. The molecule has 8 heteroatoms. The van der Waals surface area contributed by atoms with E-state index in [0.717, 1.165) is 43.9 Å². The van der Waals surface area contributed by atoms with Crippen LogP contribution in [0.2, 0.25) is 0 Å². The van der Waals surface area contributed by atoms with Gasteiger partial charge in [0.2, 0.25) is 10.0 Å². The summed E-state index contributed by atoms with van der Waals surface area (Å²) in [5.74, 6) is 1.28. The van der Waals surface area contributed by atoms with E-state index in [9.17, 15) is 8.42 Å². The quantitative estimate of drug-likeness (QED) is 0.337. The Morgan fingerprint density at radius 3 is 2.52 bits per heavy atom. The number of guanidine groups is 1. The van der Waals surface area contributed by atoms with Crippen molar-refractivity contribution in [2.75, 3.05) is 26.2 Å². The summed E-state index contributed by atoms with van der Waals surface area (Å²) in [5, 5.41) is 6.52. The molecule has 2 N–H and O–H groups in total. The second kappa shape index (κ2) is 11.9. The number of halogens is 1. The highest BCUT2D eigenvalue weighted by molar-refractivity contribution is 14.0. The lowest BCUT2D eigenvalue weighted by atomic mass is 10.2. The molecule has 0 amide bonds. The minimum Gasteiger partial charge on any atom is -0.357 e. The van der Waals surface area contributed by atoms with Gasteiger partial charge in [-0.05, 0) is 43.4 Å². The Bertz CT molecular complexity index is 701. The van der Waals surface area contributed by atoms with Crippen LogP contribution in [0.4, 0.5) is 0 Å². The topological polar surface area (TPSA) is 73.8 Å². The van der Waals surface area contributed by atoms with Crippen LogP contribution in [0.15, 0.2) is 34.2 Å². The zero-order valence-electron chi connectivity index (χ0n) is 16.6. The van der Waals surface area contributed by atoms with Crippen LogP contribution in [0.25, 0.3) is 0 Å². The number of nitrogens with zero attached hydrogens (tertiary/aromatic N) is 2. The van der Waals surface area contributed by atoms with Crippen LogP contribution in [0, 0.1) is 5.92 Å². The van der Waals surface area contributed by atoms with Gasteiger partial charge in [-0.3, -0.25) is 0 Å². The molecule has 1 fully saturated rings. The molecule has 2 rings (SSSR count). The van der Waals surface area contributed by atoms with Crippen molar-refractivity contribution in [2.24, 2.45) is 10.9 Å². The average molecular weight is 508 g/mol. The van der Waals surface area contributed by atoms with E-state index in [2.05, 4.69) is 29.5 Å². The smallest absolute Gasteiger partial charge is 0.243 e. The number of benzene rings is 1. The van der Waals surface area contributed by atoms with Crippen LogP contribution < -0.4 is 10.6 Å². The van der Waals surface area contributed by atoms with E-state index in [0.29, 0.717) is 30.4 Å². The molecule has 0 saturated carbocycles. The van der Waals surface area contributed by atoms with Gasteiger partial charge in [-0.15, -0.1) is 24.0 Å². The summed E-state index contributed by atoms with van der Waals surface area (Å²) in [6.07, 6.45) is 2.99. The molecule has 0 unspecified atom stereocenters. The number of hydrogen-bond donors (Lipinski definition) is 2. The van der Waals surface area contributed by atoms with Gasteiger partial charge in [-0.25, -0.2) is 13.4 Å². The highest BCUT2D eigenvalue weighted by Crippen LogP contribution is 2.21. The van der Waals surface area contributed by atoms with Crippen molar-refractivity contribution in [1.29, 1.82) is 0 Å². The molecule has 1 aliphatic heterocycles. The van der Waals surface area contributed by atoms with Crippen molar-refractivity contribution >= 4 is 40.0 Å². The molecule has 1 aromatic carbocycles. The zero-order chi connectivity index (χ0) is 19.0. The molecule has 0 aliphatic carbocycles. The first kappa shape index (κ1) is 24.2. The van der Waals surface area contributed by atoms with Crippen molar-refractivity contribution in [2.45, 2.75) is 51.5 Å². The normalized spacial score (nSPS) is 16.1. The fraction of sp³-hybridized carbons (Fsp3) is 0.632. The summed E-state index contributed by atoms with van der Waals surface area (Å²) in [6, 6.07) is 7.15. The maximum atomic E-state index is 12.8. The largest absolute Gasteiger partial charge is 0.357 e. The third kappa shape index (κ3) is 7.57. The van der Waals surface area contributed by atoms with Gasteiger partial charge in [0.05, 0.1) is 11.4 Å². The fourth-order valence-electron chi connectivity index (χ4n) is 2.87. The Balaban J connectivity index is 0.00000364. The number of piperidine rings is 1. The summed E-state index contributed by atoms with van der Waals surface area (Å²) in [6.45, 7) is 9.62. The maximum Gasteiger partial charge on any atom is 0.243 e. The SMILES string of the molecule is CCNC(=NCc1cccc(S(=O)(=O)N2CCCCC2)c1)NCC(C)C.I. The minimum atomic E-state index is -3.40. The summed E-state index contributed by atoms with van der Waals surface area (Å²) in [7, 11) is -3.40. The van der Waals surface area contributed by atoms with E-state index < -0.39 is 10.0 Å². The fourth-order valence-corrected chi connectivity index (χ4v) is 4.46. The van der Waals surface area contributed by atoms with Crippen molar-refractivity contribution in [3.8, 4) is 0 Å². The molecule has 0 aromatic heterocycles. The van der Waals surface area contributed by atoms with Crippen molar-refractivity contribution in [3.05, 3.63) is 29.8 Å². The van der Waals surface area contributed by atoms with E-state index in [1.807, 2.05) is 13.0 Å². The molecular formula is C19H33IN4O2S. The van der Waals surface area contributed by atoms with Crippen molar-refractivity contribution < 1.29 is 8.42 Å². The molecule has 1 aromatic rings. The van der Waals surface area contributed by atoms with Gasteiger partial charge >= 0.3 is 0 Å². The minimum absolute atomic E-state index is 0. The second-order valence-electron chi connectivity index (χ2n) is 7.08. The first-order valence-electron chi connectivity index (χ1n) is 9.54. The molecular weight excluding hydrogens is 475 g/mol. The Morgan fingerprint density at radius 1 is 1.19 bits per heavy atom. The first-order valence-corrected chi connectivity index (χ1v) is 11.0. The Kier molecular flexibility index (Phi) is 10.6. The highest BCUT2D eigenvalue weighted by atomic mass is 127. The Labute approximate surface area is 181 Å². The predicted octanol–water partition coefficient (Wildman–Crippen LogP) is 3.19. The molecule has 0 bridgehead atoms. The van der Waals surface area contributed by atoms with Gasteiger partial charge in [0.1, 0.15) is 0 Å². The van der Waals surface area contributed by atoms with E-state index in [4.69, 9.17) is 0 Å². The number of sulfonamides is 1. The second-order valence-corrected chi connectivity index (χ2v) is 9.02. The lowest BCUT2D eigenvalue weighted by Gasteiger charge is -2.26. The monoisotopic (exact) mass is 508 g/mol. The van der Waals surface area contributed by atoms with Crippen LogP contribution in [0.1, 0.15) is 45.6 Å². The van der Waals surface area contributed by atoms with Gasteiger partial charge in [0, 0.05) is 26.2 Å². The van der Waals surface area contributed by atoms with Gasteiger partial charge in [0.25, 0.3) is 0 Å². The lowest BCUT2D eigenvalue weighted by molar-refractivity contribution is 0.346. The lowest BCUT2D eigenvalue weighted by Crippen LogP contribution is -2.39. The number of nitrogens with one attached hydrogen (secondary N) is 2. The van der Waals surface area contributed by atoms with Crippen LogP contribution in [0.5, 0.6) is 0 Å². The van der Waals surface area contributed by atoms with Crippen LogP contribution in [0.3, 0.4) is 0 Å². The third-order valence-corrected chi connectivity index (χ3v) is 6.19. The van der Waals surface area contributed by atoms with Gasteiger partial charge < -0.3 is 10.6 Å². The molecule has 1 aliphatic rings. The summed E-state index contributed by atoms with van der Waals surface area (Å²) >= 11 is 0. The molecule has 0 spiro atoms. The van der Waals surface area contributed by atoms with Crippen molar-refractivity contribution in [3.63, 3.8) is 0 Å². The number of aliphatic imine (C=N–C) groups is 1. The van der Waals surface area contributed by atoms with E-state index in [1.54, 1.807) is 22.5 Å². The predicted molar refractivity (Wildman–Crippen MR) is 122 cm³/mol. The zero-order valence-corrected chi connectivity index (χ0v) is 19.7. The average Bonchev–Trinajstić information content (AvgIpc) is 2.65. The van der Waals surface area contributed by atoms with Crippen LogP contribution >= 0.6 is 24.0 Å². The standard InChI is InChI=1S/C19H32N4O2S.HI/c1-4-20-19(21-14-16(2)3)22-15-17-9-8-10-18(13-17)26(24,25)23-11-6-5-7-12-23;/h8-10,13,16H,4-7,11-12,14-15H2,1-3H3,(H2,20,21,22);1H. The molecule has 1 heterocycles. The van der Waals surface area contributed by atoms with E-state index in [1.165, 1.54) is 0 Å². The van der Waals surface area contributed by atoms with Gasteiger partial charge in [0.15, 0.2) is 5.96 Å². The Morgan fingerprint density at radius 2 is 1.89 bits per heavy atom. The van der Waals surface area contributed by atoms with E-state index in [-0.39, 0.29) is 24.0 Å². The summed E-state index contributed by atoms with van der Waals surface area (Å²) < 4.78 is 27.3. The molecule has 154 valence electrons. The van der Waals surface area contributed by atoms with Gasteiger partial charge in [-0.2, -0.15) is 4.31 Å². The molecule has 6 nitrogen and oxygen atoms in total. The number of rotatable bonds is 7. The van der Waals surface area contributed by atoms with Crippen LogP contribution in [-0.4, -0.2) is 44.9 Å². The summed E-state index contributed by atoms with van der Waals surface area (Å²) in [5.41, 5.74) is 0.893. The first-order chi connectivity index (χ1) is 12.4. The maximum absolute atomic E-state index is 12.8. The summed E-state index contributed by atoms with van der Waals surface area (Å²) in [4.78, 5) is 4.95. The van der Waals surface area contributed by atoms with Gasteiger partial charge in [-0.1, -0.05) is 32.4 Å². The van der Waals surface area contributed by atoms with Crippen molar-refractivity contribution in [1.82, 2.24) is 14.9 Å². The number of hydrogen-bond acceptors (Lipinski definition) is 3. The van der Waals surface area contributed by atoms with Crippen LogP contribution in [-0.2, 0) is 16.6 Å².